The molecule has 0 radical (unpaired) electrons. The van der Waals surface area contributed by atoms with Gasteiger partial charge in [0.05, 0.1) is 14.3 Å². The van der Waals surface area contributed by atoms with Crippen LogP contribution in [-0.4, -0.2) is 17.3 Å². The fourth-order valence-corrected chi connectivity index (χ4v) is 4.55. The van der Waals surface area contributed by atoms with Gasteiger partial charge in [-0.25, -0.2) is 0 Å². The van der Waals surface area contributed by atoms with Crippen LogP contribution >= 0.6 is 34.5 Å². The summed E-state index contributed by atoms with van der Waals surface area (Å²) in [6.07, 6.45) is 5.28. The van der Waals surface area contributed by atoms with Crippen molar-refractivity contribution in [3.05, 3.63) is 20.3 Å². The number of thiophene rings is 1. The Morgan fingerprint density at radius 1 is 1.45 bits per heavy atom. The van der Waals surface area contributed by atoms with Crippen molar-refractivity contribution in [2.75, 3.05) is 6.54 Å². The number of hydrogen-bond donors (Lipinski definition) is 2. The predicted molar refractivity (Wildman–Crippen MR) is 88.0 cm³/mol. The van der Waals surface area contributed by atoms with E-state index in [4.69, 9.17) is 23.2 Å². The first-order valence-corrected chi connectivity index (χ1v) is 8.91. The maximum absolute atomic E-state index is 10.6. The van der Waals surface area contributed by atoms with Crippen LogP contribution in [0.25, 0.3) is 0 Å². The molecule has 1 saturated carbocycles. The molecule has 20 heavy (non-hydrogen) atoms. The second kappa shape index (κ2) is 6.97. The van der Waals surface area contributed by atoms with E-state index in [1.54, 1.807) is 0 Å². The topological polar surface area (TPSA) is 32.3 Å². The molecule has 1 heterocycles. The maximum atomic E-state index is 10.6. The molecular weight excluding hydrogens is 313 g/mol. The monoisotopic (exact) mass is 335 g/mol. The summed E-state index contributed by atoms with van der Waals surface area (Å²) in [6, 6.07) is 2.02. The Bertz CT molecular complexity index is 441. The number of hydrogen-bond acceptors (Lipinski definition) is 3. The largest absolute Gasteiger partial charge is 0.389 e. The molecule has 114 valence electrons. The fraction of sp³-hybridized carbons (Fsp3) is 0.733. The minimum absolute atomic E-state index is 0.110. The standard InChI is InChI=1S/C15H23Cl2NOS/c1-3-11-4-6-15(19,7-5-11)9-18-10(2)12-8-13(16)20-14(12)17/h8,10-11,18-19H,3-7,9H2,1-2H3. The van der Waals surface area contributed by atoms with E-state index in [9.17, 15) is 5.11 Å². The van der Waals surface area contributed by atoms with Gasteiger partial charge >= 0.3 is 0 Å². The molecule has 0 aromatic carbocycles. The van der Waals surface area contributed by atoms with Gasteiger partial charge in [0.1, 0.15) is 0 Å². The normalized spacial score (nSPS) is 28.6. The minimum Gasteiger partial charge on any atom is -0.389 e. The zero-order valence-corrected chi connectivity index (χ0v) is 14.4. The highest BCUT2D eigenvalue weighted by molar-refractivity contribution is 7.20. The van der Waals surface area contributed by atoms with Crippen LogP contribution in [0.1, 0.15) is 57.6 Å². The van der Waals surface area contributed by atoms with Crippen molar-refractivity contribution in [3.63, 3.8) is 0 Å². The van der Waals surface area contributed by atoms with Gasteiger partial charge in [-0.3, -0.25) is 0 Å². The van der Waals surface area contributed by atoms with Gasteiger partial charge in [0.2, 0.25) is 0 Å². The van der Waals surface area contributed by atoms with Gasteiger partial charge < -0.3 is 10.4 Å². The lowest BCUT2D eigenvalue weighted by Gasteiger charge is -2.36. The van der Waals surface area contributed by atoms with Gasteiger partial charge in [-0.1, -0.05) is 36.5 Å². The summed E-state index contributed by atoms with van der Waals surface area (Å²) >= 11 is 13.5. The van der Waals surface area contributed by atoms with E-state index in [-0.39, 0.29) is 6.04 Å². The van der Waals surface area contributed by atoms with Gasteiger partial charge in [0.15, 0.2) is 0 Å². The molecule has 1 aliphatic rings. The average Bonchev–Trinajstić information content (AvgIpc) is 2.76. The predicted octanol–water partition coefficient (Wildman–Crippen LogP) is 5.04. The molecule has 1 aliphatic carbocycles. The number of nitrogens with one attached hydrogen (secondary N) is 1. The van der Waals surface area contributed by atoms with E-state index in [1.165, 1.54) is 17.8 Å². The Balaban J connectivity index is 1.87. The van der Waals surface area contributed by atoms with Crippen molar-refractivity contribution in [1.82, 2.24) is 5.32 Å². The first-order chi connectivity index (χ1) is 9.43. The molecule has 2 nitrogen and oxygen atoms in total. The van der Waals surface area contributed by atoms with Crippen molar-refractivity contribution in [2.45, 2.75) is 57.6 Å². The quantitative estimate of drug-likeness (QED) is 0.790. The Hall–Kier alpha value is 0.200. The molecule has 5 heteroatoms. The van der Waals surface area contributed by atoms with Crippen LogP contribution < -0.4 is 5.32 Å². The van der Waals surface area contributed by atoms with Gasteiger partial charge in [-0.2, -0.15) is 0 Å². The molecule has 1 aromatic rings. The Morgan fingerprint density at radius 2 is 2.10 bits per heavy atom. The smallest absolute Gasteiger partial charge is 0.0991 e. The number of aliphatic hydroxyl groups is 1. The summed E-state index contributed by atoms with van der Waals surface area (Å²) in [6.45, 7) is 4.91. The van der Waals surface area contributed by atoms with Gasteiger partial charge in [-0.15, -0.1) is 11.3 Å². The van der Waals surface area contributed by atoms with E-state index in [1.807, 2.05) is 6.07 Å². The third-order valence-corrected chi connectivity index (χ3v) is 6.02. The highest BCUT2D eigenvalue weighted by Crippen LogP contribution is 2.36. The third kappa shape index (κ3) is 4.11. The lowest BCUT2D eigenvalue weighted by atomic mass is 9.78. The fourth-order valence-electron chi connectivity index (χ4n) is 2.90. The SMILES string of the molecule is CCC1CCC(O)(CNC(C)c2cc(Cl)sc2Cl)CC1. The zero-order valence-electron chi connectivity index (χ0n) is 12.1. The van der Waals surface area contributed by atoms with Crippen molar-refractivity contribution >= 4 is 34.5 Å². The lowest BCUT2D eigenvalue weighted by Crippen LogP contribution is -2.44. The maximum Gasteiger partial charge on any atom is 0.0991 e. The molecule has 0 saturated heterocycles. The van der Waals surface area contributed by atoms with E-state index in [0.717, 1.165) is 41.5 Å². The molecule has 1 atom stereocenters. The van der Waals surface area contributed by atoms with Crippen LogP contribution in [0.5, 0.6) is 0 Å². The van der Waals surface area contributed by atoms with Crippen LogP contribution in [-0.2, 0) is 0 Å². The Labute approximate surface area is 135 Å². The summed E-state index contributed by atoms with van der Waals surface area (Å²) in [5, 5.41) is 14.0. The van der Waals surface area contributed by atoms with E-state index < -0.39 is 5.60 Å². The number of rotatable bonds is 5. The third-order valence-electron chi connectivity index (χ3n) is 4.50. The van der Waals surface area contributed by atoms with Crippen molar-refractivity contribution in [2.24, 2.45) is 5.92 Å². The molecule has 0 bridgehead atoms. The highest BCUT2D eigenvalue weighted by atomic mass is 35.5. The first-order valence-electron chi connectivity index (χ1n) is 7.34. The molecular formula is C15H23Cl2NOS. The van der Waals surface area contributed by atoms with Crippen LogP contribution in [0.3, 0.4) is 0 Å². The van der Waals surface area contributed by atoms with Crippen LogP contribution in [0.15, 0.2) is 6.07 Å². The van der Waals surface area contributed by atoms with Crippen LogP contribution in [0.2, 0.25) is 8.67 Å². The summed E-state index contributed by atoms with van der Waals surface area (Å²) < 4.78 is 1.44. The van der Waals surface area contributed by atoms with Crippen LogP contribution in [0, 0.1) is 5.92 Å². The Kier molecular flexibility index (Phi) is 5.78. The zero-order chi connectivity index (χ0) is 14.8. The second-order valence-corrected chi connectivity index (χ2v) is 8.24. The molecule has 2 N–H and O–H groups in total. The minimum atomic E-state index is -0.563. The highest BCUT2D eigenvalue weighted by Gasteiger charge is 2.32. The summed E-state index contributed by atoms with van der Waals surface area (Å²) in [5.41, 5.74) is 0.458. The van der Waals surface area contributed by atoms with E-state index in [0.29, 0.717) is 10.9 Å². The lowest BCUT2D eigenvalue weighted by molar-refractivity contribution is -0.0103. The van der Waals surface area contributed by atoms with Gasteiger partial charge in [0, 0.05) is 12.6 Å². The van der Waals surface area contributed by atoms with Crippen molar-refractivity contribution < 1.29 is 5.11 Å². The van der Waals surface area contributed by atoms with Gasteiger partial charge in [0.25, 0.3) is 0 Å². The molecule has 0 amide bonds. The molecule has 0 aliphatic heterocycles. The summed E-state index contributed by atoms with van der Waals surface area (Å²) in [4.78, 5) is 0. The summed E-state index contributed by atoms with van der Waals surface area (Å²) in [5.74, 6) is 0.790. The van der Waals surface area contributed by atoms with Crippen molar-refractivity contribution in [1.29, 1.82) is 0 Å². The molecule has 1 unspecified atom stereocenters. The molecule has 2 rings (SSSR count). The second-order valence-electron chi connectivity index (χ2n) is 5.96. The number of halogens is 2. The van der Waals surface area contributed by atoms with E-state index in [2.05, 4.69) is 19.2 Å². The Morgan fingerprint density at radius 3 is 2.60 bits per heavy atom. The molecule has 1 aromatic heterocycles. The molecule has 1 fully saturated rings. The van der Waals surface area contributed by atoms with Gasteiger partial charge in [-0.05, 0) is 50.2 Å². The van der Waals surface area contributed by atoms with Crippen LogP contribution in [0.4, 0.5) is 0 Å². The summed E-state index contributed by atoms with van der Waals surface area (Å²) in [7, 11) is 0. The first kappa shape index (κ1) is 16.6. The van der Waals surface area contributed by atoms with Crippen molar-refractivity contribution in [3.8, 4) is 0 Å². The van der Waals surface area contributed by atoms with E-state index >= 15 is 0 Å². The average molecular weight is 336 g/mol. The molecule has 0 spiro atoms.